The topological polar surface area (TPSA) is 38.3 Å². The number of ether oxygens (including phenoxy) is 1. The Balaban J connectivity index is 1.68. The molecule has 3 nitrogen and oxygen atoms in total. The highest BCUT2D eigenvalue weighted by molar-refractivity contribution is 9.09. The van der Waals surface area contributed by atoms with Crippen LogP contribution in [0.5, 0.6) is 5.75 Å². The van der Waals surface area contributed by atoms with Gasteiger partial charge in [0.2, 0.25) is 5.91 Å². The summed E-state index contributed by atoms with van der Waals surface area (Å²) in [5.41, 5.74) is 0.758. The predicted octanol–water partition coefficient (Wildman–Crippen LogP) is 5.39. The van der Waals surface area contributed by atoms with E-state index < -0.39 is 0 Å². The van der Waals surface area contributed by atoms with Gasteiger partial charge in [0.05, 0.1) is 12.0 Å². The number of benzene rings is 1. The Morgan fingerprint density at radius 3 is 2.42 bits per heavy atom. The number of carbonyl (C=O) groups excluding carboxylic acids is 1. The van der Waals surface area contributed by atoms with Crippen LogP contribution in [0.15, 0.2) is 24.3 Å². The van der Waals surface area contributed by atoms with E-state index in [2.05, 4.69) is 48.9 Å². The lowest BCUT2D eigenvalue weighted by Gasteiger charge is -2.64. The molecule has 1 aromatic rings. The summed E-state index contributed by atoms with van der Waals surface area (Å²) in [6, 6.07) is 7.72. The minimum absolute atomic E-state index is 0.0153. The number of hydrogen-bond donors (Lipinski definition) is 1. The number of anilines is 1. The molecule has 3 aliphatic carbocycles. The summed E-state index contributed by atoms with van der Waals surface area (Å²) >= 11 is 3.82. The molecule has 0 saturated heterocycles. The van der Waals surface area contributed by atoms with Gasteiger partial charge < -0.3 is 10.1 Å². The van der Waals surface area contributed by atoms with E-state index in [1.165, 1.54) is 0 Å². The molecule has 0 aliphatic heterocycles. The van der Waals surface area contributed by atoms with Crippen LogP contribution >= 0.6 is 15.9 Å². The molecule has 3 saturated carbocycles. The van der Waals surface area contributed by atoms with Crippen molar-refractivity contribution in [1.29, 1.82) is 0 Å². The Morgan fingerprint density at radius 1 is 1.25 bits per heavy atom. The van der Waals surface area contributed by atoms with Gasteiger partial charge >= 0.3 is 0 Å². The molecular formula is C20H28BrNO2. The van der Waals surface area contributed by atoms with Crippen molar-refractivity contribution in [2.24, 2.45) is 16.2 Å². The Kier molecular flexibility index (Phi) is 4.48. The number of unbranched alkanes of at least 4 members (excludes halogenated alkanes) is 1. The van der Waals surface area contributed by atoms with Crippen molar-refractivity contribution < 1.29 is 9.53 Å². The van der Waals surface area contributed by atoms with E-state index in [-0.39, 0.29) is 27.0 Å². The van der Waals surface area contributed by atoms with Gasteiger partial charge in [0.25, 0.3) is 0 Å². The van der Waals surface area contributed by atoms with Gasteiger partial charge in [-0.3, -0.25) is 4.79 Å². The number of carbonyl (C=O) groups is 1. The quantitative estimate of drug-likeness (QED) is 0.519. The van der Waals surface area contributed by atoms with Crippen LogP contribution in [0.25, 0.3) is 0 Å². The number of fused-ring (bicyclic) bond motifs is 1. The molecule has 0 aromatic heterocycles. The molecule has 1 N–H and O–H groups in total. The Morgan fingerprint density at radius 2 is 1.92 bits per heavy atom. The summed E-state index contributed by atoms with van der Waals surface area (Å²) in [6.07, 6.45) is 4.24. The zero-order valence-electron chi connectivity index (χ0n) is 15.1. The van der Waals surface area contributed by atoms with Crippen molar-refractivity contribution in [2.45, 2.75) is 58.2 Å². The van der Waals surface area contributed by atoms with E-state index in [4.69, 9.17) is 4.74 Å². The van der Waals surface area contributed by atoms with Gasteiger partial charge in [-0.25, -0.2) is 0 Å². The van der Waals surface area contributed by atoms with Crippen LogP contribution in [-0.4, -0.2) is 17.3 Å². The van der Waals surface area contributed by atoms with E-state index in [0.717, 1.165) is 43.7 Å². The standard InChI is InChI=1S/C20H28BrNO2/c1-5-6-13-24-15-9-7-14(8-10-15)22-17(23)20-12-11-19(4,16(20)21)18(20,2)3/h7-10,16H,5-6,11-13H2,1-4H3,(H,22,23). The van der Waals surface area contributed by atoms with Gasteiger partial charge in [-0.1, -0.05) is 50.0 Å². The van der Waals surface area contributed by atoms with Gasteiger partial charge in [0.1, 0.15) is 5.75 Å². The predicted molar refractivity (Wildman–Crippen MR) is 102 cm³/mol. The molecule has 3 atom stereocenters. The lowest BCUT2D eigenvalue weighted by molar-refractivity contribution is -0.155. The molecule has 0 radical (unpaired) electrons. The zero-order valence-corrected chi connectivity index (χ0v) is 16.7. The number of amides is 1. The maximum Gasteiger partial charge on any atom is 0.232 e. The highest BCUT2D eigenvalue weighted by Crippen LogP contribution is 2.79. The lowest BCUT2D eigenvalue weighted by atomic mass is 9.43. The smallest absolute Gasteiger partial charge is 0.232 e. The molecule has 4 rings (SSSR count). The first-order valence-corrected chi connectivity index (χ1v) is 9.89. The van der Waals surface area contributed by atoms with Gasteiger partial charge in [0, 0.05) is 10.5 Å². The molecule has 3 fully saturated rings. The largest absolute Gasteiger partial charge is 0.494 e. The molecule has 1 aromatic carbocycles. The summed E-state index contributed by atoms with van der Waals surface area (Å²) in [5.74, 6) is 0.999. The fourth-order valence-electron chi connectivity index (χ4n) is 4.67. The van der Waals surface area contributed by atoms with Crippen LogP contribution < -0.4 is 10.1 Å². The van der Waals surface area contributed by atoms with Gasteiger partial charge in [-0.05, 0) is 54.4 Å². The van der Waals surface area contributed by atoms with Crippen molar-refractivity contribution in [3.05, 3.63) is 24.3 Å². The van der Waals surface area contributed by atoms with Gasteiger partial charge in [-0.15, -0.1) is 0 Å². The van der Waals surface area contributed by atoms with E-state index in [9.17, 15) is 4.79 Å². The second kappa shape index (κ2) is 6.05. The van der Waals surface area contributed by atoms with E-state index in [1.54, 1.807) is 0 Å². The second-order valence-corrected chi connectivity index (χ2v) is 8.97. The van der Waals surface area contributed by atoms with Crippen molar-refractivity contribution in [3.63, 3.8) is 0 Å². The second-order valence-electron chi connectivity index (χ2n) is 8.06. The first kappa shape index (κ1) is 17.8. The zero-order chi connectivity index (χ0) is 17.6. The molecule has 4 heteroatoms. The first-order chi connectivity index (χ1) is 11.3. The van der Waals surface area contributed by atoms with E-state index >= 15 is 0 Å². The Bertz CT molecular complexity index is 627. The molecular weight excluding hydrogens is 366 g/mol. The van der Waals surface area contributed by atoms with Crippen molar-refractivity contribution in [2.75, 3.05) is 11.9 Å². The van der Waals surface area contributed by atoms with Crippen molar-refractivity contribution in [1.82, 2.24) is 0 Å². The SMILES string of the molecule is CCCCOc1ccc(NC(=O)C23CCC(C)(C2Br)C3(C)C)cc1. The Labute approximate surface area is 153 Å². The van der Waals surface area contributed by atoms with Crippen LogP contribution in [0.2, 0.25) is 0 Å². The summed E-state index contributed by atoms with van der Waals surface area (Å²) in [5, 5.41) is 3.14. The number of hydrogen-bond acceptors (Lipinski definition) is 2. The van der Waals surface area contributed by atoms with E-state index in [0.29, 0.717) is 0 Å². The number of nitrogens with one attached hydrogen (secondary N) is 1. The first-order valence-electron chi connectivity index (χ1n) is 8.98. The van der Waals surface area contributed by atoms with E-state index in [1.807, 2.05) is 24.3 Å². The maximum absolute atomic E-state index is 13.1. The normalized spacial score (nSPS) is 33.0. The average molecular weight is 394 g/mol. The monoisotopic (exact) mass is 393 g/mol. The number of halogens is 1. The molecule has 3 aliphatic rings. The maximum atomic E-state index is 13.1. The summed E-state index contributed by atoms with van der Waals surface area (Å²) in [4.78, 5) is 13.3. The molecule has 24 heavy (non-hydrogen) atoms. The minimum Gasteiger partial charge on any atom is -0.494 e. The van der Waals surface area contributed by atoms with Crippen molar-refractivity contribution in [3.8, 4) is 5.75 Å². The number of alkyl halides is 1. The van der Waals surface area contributed by atoms with Crippen LogP contribution in [0.3, 0.4) is 0 Å². The van der Waals surface area contributed by atoms with Crippen molar-refractivity contribution >= 4 is 27.5 Å². The van der Waals surface area contributed by atoms with Crippen LogP contribution in [0.4, 0.5) is 5.69 Å². The fraction of sp³-hybridized carbons (Fsp3) is 0.650. The highest BCUT2D eigenvalue weighted by atomic mass is 79.9. The molecule has 132 valence electrons. The molecule has 2 bridgehead atoms. The summed E-state index contributed by atoms with van der Waals surface area (Å²) in [7, 11) is 0. The highest BCUT2D eigenvalue weighted by Gasteiger charge is 2.80. The van der Waals surface area contributed by atoms with Crippen LogP contribution in [-0.2, 0) is 4.79 Å². The molecule has 1 amide bonds. The Hall–Kier alpha value is -1.03. The average Bonchev–Trinajstić information content (AvgIpc) is 2.96. The lowest BCUT2D eigenvalue weighted by Crippen LogP contribution is -2.68. The number of rotatable bonds is 6. The minimum atomic E-state index is -0.307. The molecule has 3 unspecified atom stereocenters. The molecule has 0 heterocycles. The van der Waals surface area contributed by atoms with Crippen LogP contribution in [0.1, 0.15) is 53.4 Å². The fourth-order valence-corrected chi connectivity index (χ4v) is 6.48. The van der Waals surface area contributed by atoms with Crippen LogP contribution in [0, 0.1) is 16.2 Å². The third-order valence-corrected chi connectivity index (χ3v) is 8.65. The van der Waals surface area contributed by atoms with Gasteiger partial charge in [0.15, 0.2) is 0 Å². The summed E-state index contributed by atoms with van der Waals surface area (Å²) in [6.45, 7) is 9.66. The third kappa shape index (κ3) is 2.25. The third-order valence-electron chi connectivity index (χ3n) is 6.86. The molecule has 0 spiro atoms. The summed E-state index contributed by atoms with van der Waals surface area (Å²) < 4.78 is 5.68. The van der Waals surface area contributed by atoms with Gasteiger partial charge in [-0.2, -0.15) is 0 Å².